The second kappa shape index (κ2) is 7.64. The molecule has 0 saturated heterocycles. The van der Waals surface area contributed by atoms with Crippen LogP contribution in [0.2, 0.25) is 0 Å². The average Bonchev–Trinajstić information content (AvgIpc) is 3.37. The molecule has 5 nitrogen and oxygen atoms in total. The van der Waals surface area contributed by atoms with E-state index in [9.17, 15) is 9.59 Å². The molecule has 2 heterocycles. The van der Waals surface area contributed by atoms with E-state index in [1.165, 1.54) is 11.3 Å². The molecule has 3 aromatic carbocycles. The van der Waals surface area contributed by atoms with Crippen LogP contribution in [0, 0.1) is 0 Å². The van der Waals surface area contributed by atoms with Crippen LogP contribution in [0.15, 0.2) is 78.9 Å². The number of nitrogens with zero attached hydrogens (tertiary/aromatic N) is 1. The molecule has 34 heavy (non-hydrogen) atoms. The van der Waals surface area contributed by atoms with E-state index in [1.807, 2.05) is 66.7 Å². The first-order valence-electron chi connectivity index (χ1n) is 10.7. The van der Waals surface area contributed by atoms with Crippen molar-refractivity contribution >= 4 is 38.8 Å². The first-order valence-corrected chi connectivity index (χ1v) is 11.5. The summed E-state index contributed by atoms with van der Waals surface area (Å²) in [5.74, 6) is 0.444. The Balaban J connectivity index is 1.69. The van der Waals surface area contributed by atoms with E-state index in [4.69, 9.17) is 15.5 Å². The minimum absolute atomic E-state index is 0.120. The maximum absolute atomic E-state index is 13.3. The van der Waals surface area contributed by atoms with Crippen molar-refractivity contribution in [1.82, 2.24) is 4.98 Å². The van der Waals surface area contributed by atoms with Crippen molar-refractivity contribution in [2.45, 2.75) is 0 Å². The molecule has 6 rings (SSSR count). The molecule has 5 aromatic rings. The molecular weight excluding hydrogens is 444 g/mol. The molecule has 0 fully saturated rings. The number of carbonyl (C=O) groups excluding carboxylic acids is 2. The van der Waals surface area contributed by atoms with Crippen molar-refractivity contribution in [3.8, 4) is 28.0 Å². The van der Waals surface area contributed by atoms with Gasteiger partial charge in [-0.1, -0.05) is 66.7 Å². The summed E-state index contributed by atoms with van der Waals surface area (Å²) in [5, 5.41) is 0.692. The Bertz CT molecular complexity index is 1620. The molecule has 0 aliphatic heterocycles. The molecule has 0 spiro atoms. The fourth-order valence-electron chi connectivity index (χ4n) is 4.54. The smallest absolute Gasteiger partial charge is 0.212 e. The quantitative estimate of drug-likeness (QED) is 0.325. The van der Waals surface area contributed by atoms with Crippen molar-refractivity contribution in [2.24, 2.45) is 0 Å². The Hall–Kier alpha value is -4.29. The van der Waals surface area contributed by atoms with Gasteiger partial charge >= 0.3 is 0 Å². The van der Waals surface area contributed by atoms with Crippen LogP contribution in [-0.4, -0.2) is 23.7 Å². The van der Waals surface area contributed by atoms with Gasteiger partial charge in [-0.05, 0) is 23.3 Å². The number of benzene rings is 3. The van der Waals surface area contributed by atoms with Crippen molar-refractivity contribution in [3.05, 3.63) is 101 Å². The topological polar surface area (TPSA) is 82.3 Å². The number of pyridine rings is 1. The SMILES string of the molecule is COc1ccc(-c2c3c(nc4sc(C(=O)c5ccccc5)c(N)c24)C(=O)c2ccccc2-3)cc1. The van der Waals surface area contributed by atoms with Crippen molar-refractivity contribution in [1.29, 1.82) is 0 Å². The van der Waals surface area contributed by atoms with Gasteiger partial charge in [-0.2, -0.15) is 0 Å². The Labute approximate surface area is 199 Å². The summed E-state index contributed by atoms with van der Waals surface area (Å²) in [4.78, 5) is 32.3. The minimum Gasteiger partial charge on any atom is -0.497 e. The normalized spacial score (nSPS) is 12.0. The molecule has 6 heteroatoms. The monoisotopic (exact) mass is 462 g/mol. The highest BCUT2D eigenvalue weighted by atomic mass is 32.1. The number of nitrogen functional groups attached to an aromatic ring is 1. The number of ketones is 2. The van der Waals surface area contributed by atoms with Gasteiger partial charge in [0, 0.05) is 27.6 Å². The minimum atomic E-state index is -0.159. The molecule has 1 aliphatic carbocycles. The number of thiophene rings is 1. The van der Waals surface area contributed by atoms with Crippen LogP contribution in [0.1, 0.15) is 31.3 Å². The van der Waals surface area contributed by atoms with E-state index in [0.29, 0.717) is 37.6 Å². The van der Waals surface area contributed by atoms with Crippen molar-refractivity contribution in [3.63, 3.8) is 0 Å². The van der Waals surface area contributed by atoms with E-state index in [0.717, 1.165) is 28.0 Å². The number of anilines is 1. The van der Waals surface area contributed by atoms with Gasteiger partial charge in [-0.3, -0.25) is 9.59 Å². The zero-order chi connectivity index (χ0) is 23.4. The van der Waals surface area contributed by atoms with Crippen LogP contribution >= 0.6 is 11.3 Å². The van der Waals surface area contributed by atoms with Gasteiger partial charge in [-0.25, -0.2) is 4.98 Å². The lowest BCUT2D eigenvalue weighted by molar-refractivity contribution is 0.103. The summed E-state index contributed by atoms with van der Waals surface area (Å²) in [7, 11) is 1.62. The zero-order valence-corrected chi connectivity index (χ0v) is 19.0. The molecule has 0 saturated carbocycles. The summed E-state index contributed by atoms with van der Waals surface area (Å²) in [6.45, 7) is 0. The van der Waals surface area contributed by atoms with Crippen LogP contribution in [0.25, 0.3) is 32.5 Å². The number of hydrogen-bond acceptors (Lipinski definition) is 6. The summed E-state index contributed by atoms with van der Waals surface area (Å²) in [5.41, 5.74) is 11.9. The molecule has 2 aromatic heterocycles. The van der Waals surface area contributed by atoms with E-state index >= 15 is 0 Å². The van der Waals surface area contributed by atoms with Crippen LogP contribution in [-0.2, 0) is 0 Å². The largest absolute Gasteiger partial charge is 0.497 e. The lowest BCUT2D eigenvalue weighted by Gasteiger charge is -2.12. The van der Waals surface area contributed by atoms with Gasteiger partial charge in [0.2, 0.25) is 11.6 Å². The van der Waals surface area contributed by atoms with Crippen LogP contribution in [0.3, 0.4) is 0 Å². The predicted octanol–water partition coefficient (Wildman–Crippen LogP) is 6.00. The molecule has 1 aliphatic rings. The predicted molar refractivity (Wildman–Crippen MR) is 135 cm³/mol. The van der Waals surface area contributed by atoms with Gasteiger partial charge in [0.25, 0.3) is 0 Å². The summed E-state index contributed by atoms with van der Waals surface area (Å²) < 4.78 is 5.33. The Kier molecular flexibility index (Phi) is 4.57. The van der Waals surface area contributed by atoms with Gasteiger partial charge in [0.15, 0.2) is 0 Å². The van der Waals surface area contributed by atoms with Gasteiger partial charge in [0.05, 0.1) is 12.8 Å². The molecule has 0 atom stereocenters. The number of aromatic nitrogens is 1. The number of carbonyl (C=O) groups is 2. The summed E-state index contributed by atoms with van der Waals surface area (Å²) >= 11 is 1.23. The summed E-state index contributed by atoms with van der Waals surface area (Å²) in [6.07, 6.45) is 0. The molecule has 2 N–H and O–H groups in total. The van der Waals surface area contributed by atoms with Crippen LogP contribution in [0.4, 0.5) is 5.69 Å². The fraction of sp³-hybridized carbons (Fsp3) is 0.0357. The zero-order valence-electron chi connectivity index (χ0n) is 18.2. The van der Waals surface area contributed by atoms with E-state index in [2.05, 4.69) is 0 Å². The number of rotatable bonds is 4. The molecule has 164 valence electrons. The first kappa shape index (κ1) is 20.3. The lowest BCUT2D eigenvalue weighted by atomic mass is 9.93. The number of fused-ring (bicyclic) bond motifs is 4. The second-order valence-corrected chi connectivity index (χ2v) is 9.03. The number of methoxy groups -OCH3 is 1. The van der Waals surface area contributed by atoms with E-state index in [-0.39, 0.29) is 11.6 Å². The van der Waals surface area contributed by atoms with Gasteiger partial charge < -0.3 is 10.5 Å². The highest BCUT2D eigenvalue weighted by Crippen LogP contribution is 2.49. The molecule has 0 amide bonds. The van der Waals surface area contributed by atoms with Gasteiger partial charge in [0.1, 0.15) is 21.2 Å². The molecule has 0 unspecified atom stereocenters. The third kappa shape index (κ3) is 2.89. The fourth-order valence-corrected chi connectivity index (χ4v) is 5.61. The first-order chi connectivity index (χ1) is 16.6. The van der Waals surface area contributed by atoms with E-state index < -0.39 is 0 Å². The molecule has 0 bridgehead atoms. The Morgan fingerprint density at radius 1 is 0.882 bits per heavy atom. The Morgan fingerprint density at radius 3 is 2.26 bits per heavy atom. The van der Waals surface area contributed by atoms with E-state index in [1.54, 1.807) is 19.2 Å². The maximum atomic E-state index is 13.3. The Morgan fingerprint density at radius 2 is 1.56 bits per heavy atom. The van der Waals surface area contributed by atoms with Crippen molar-refractivity contribution < 1.29 is 14.3 Å². The third-order valence-electron chi connectivity index (χ3n) is 6.15. The second-order valence-electron chi connectivity index (χ2n) is 8.03. The molecular formula is C28H18N2O3S. The lowest BCUT2D eigenvalue weighted by Crippen LogP contribution is -2.02. The highest BCUT2D eigenvalue weighted by Gasteiger charge is 2.34. The van der Waals surface area contributed by atoms with Gasteiger partial charge in [-0.15, -0.1) is 11.3 Å². The average molecular weight is 463 g/mol. The number of hydrogen-bond donors (Lipinski definition) is 1. The highest BCUT2D eigenvalue weighted by molar-refractivity contribution is 7.21. The number of ether oxygens (including phenoxy) is 1. The number of nitrogens with two attached hydrogens (primary N) is 1. The van der Waals surface area contributed by atoms with Crippen LogP contribution < -0.4 is 10.5 Å². The maximum Gasteiger partial charge on any atom is 0.212 e. The molecule has 0 radical (unpaired) electrons. The van der Waals surface area contributed by atoms with Crippen molar-refractivity contribution in [2.75, 3.05) is 12.8 Å². The van der Waals surface area contributed by atoms with Crippen LogP contribution in [0.5, 0.6) is 5.75 Å². The third-order valence-corrected chi connectivity index (χ3v) is 7.25. The standard InChI is InChI=1S/C28H18N2O3S/c1-33-17-13-11-15(12-14-17)20-21-18-9-5-6-10-19(18)26(32)24(21)30-28-22(20)23(29)27(34-28)25(31)16-7-3-2-4-8-16/h2-14H,29H2,1H3. The summed E-state index contributed by atoms with van der Waals surface area (Å²) in [6, 6.07) is 24.2.